The van der Waals surface area contributed by atoms with E-state index in [1.807, 2.05) is 27.7 Å². The minimum absolute atomic E-state index is 0.0142. The molecule has 1 aromatic heterocycles. The van der Waals surface area contributed by atoms with E-state index in [4.69, 9.17) is 14.0 Å². The summed E-state index contributed by atoms with van der Waals surface area (Å²) >= 11 is 0. The topological polar surface area (TPSA) is 62.6 Å². The highest BCUT2D eigenvalue weighted by Crippen LogP contribution is 2.36. The molecule has 8 heteroatoms. The third-order valence-corrected chi connectivity index (χ3v) is 5.69. The summed E-state index contributed by atoms with van der Waals surface area (Å²) in [6, 6.07) is 2.88. The summed E-state index contributed by atoms with van der Waals surface area (Å²) in [5.74, 6) is -0.613. The normalized spacial score (nSPS) is 24.5. The van der Waals surface area contributed by atoms with Gasteiger partial charge in [0.25, 0.3) is 5.56 Å². The third-order valence-electron chi connectivity index (χ3n) is 5.69. The molecule has 1 unspecified atom stereocenters. The van der Waals surface area contributed by atoms with E-state index in [0.717, 1.165) is 6.42 Å². The van der Waals surface area contributed by atoms with Gasteiger partial charge in [0.1, 0.15) is 11.2 Å². The smallest absolute Gasteiger partial charge is 0.399 e. The molecule has 1 atom stereocenters. The quantitative estimate of drug-likeness (QED) is 0.765. The molecule has 2 aliphatic heterocycles. The Morgan fingerprint density at radius 3 is 2.54 bits per heavy atom. The number of nitrogens with zero attached hydrogens (tertiary/aromatic N) is 2. The van der Waals surface area contributed by atoms with Gasteiger partial charge in [0.2, 0.25) is 0 Å². The van der Waals surface area contributed by atoms with Crippen LogP contribution in [0.4, 0.5) is 4.39 Å². The van der Waals surface area contributed by atoms with Crippen LogP contribution in [-0.2, 0) is 14.0 Å². The van der Waals surface area contributed by atoms with Gasteiger partial charge in [0.15, 0.2) is 0 Å². The molecule has 2 saturated heterocycles. The zero-order chi connectivity index (χ0) is 18.7. The van der Waals surface area contributed by atoms with Gasteiger partial charge in [-0.1, -0.05) is 0 Å². The van der Waals surface area contributed by atoms with Crippen LogP contribution in [0.1, 0.15) is 40.2 Å². The molecule has 1 aromatic carbocycles. The minimum Gasteiger partial charge on any atom is -0.399 e. The van der Waals surface area contributed by atoms with Gasteiger partial charge in [-0.3, -0.25) is 9.36 Å². The highest BCUT2D eigenvalue weighted by Gasteiger charge is 2.51. The van der Waals surface area contributed by atoms with Crippen molar-refractivity contribution in [3.8, 4) is 0 Å². The van der Waals surface area contributed by atoms with Gasteiger partial charge in [0, 0.05) is 6.61 Å². The van der Waals surface area contributed by atoms with E-state index in [0.29, 0.717) is 24.2 Å². The number of aromatic nitrogens is 2. The molecule has 0 N–H and O–H groups in total. The molecule has 0 spiro atoms. The van der Waals surface area contributed by atoms with Gasteiger partial charge >= 0.3 is 7.12 Å². The van der Waals surface area contributed by atoms with Crippen molar-refractivity contribution >= 4 is 23.5 Å². The maximum Gasteiger partial charge on any atom is 0.495 e. The Hall–Kier alpha value is -1.77. The molecule has 3 heterocycles. The molecule has 26 heavy (non-hydrogen) atoms. The minimum atomic E-state index is -0.702. The largest absolute Gasteiger partial charge is 0.495 e. The lowest BCUT2D eigenvalue weighted by molar-refractivity contribution is 0.00578. The molecular weight excluding hydrogens is 338 g/mol. The van der Waals surface area contributed by atoms with Gasteiger partial charge in [-0.15, -0.1) is 0 Å². The second-order valence-electron chi connectivity index (χ2n) is 7.96. The molecule has 0 bridgehead atoms. The van der Waals surface area contributed by atoms with Crippen molar-refractivity contribution in [1.82, 2.24) is 9.55 Å². The third kappa shape index (κ3) is 2.67. The van der Waals surface area contributed by atoms with Gasteiger partial charge in [0.05, 0.1) is 35.7 Å². The molecule has 0 saturated carbocycles. The van der Waals surface area contributed by atoms with Crippen LogP contribution in [0.25, 0.3) is 10.9 Å². The molecule has 0 amide bonds. The molecule has 0 radical (unpaired) electrons. The lowest BCUT2D eigenvalue weighted by Gasteiger charge is -2.32. The zero-order valence-electron chi connectivity index (χ0n) is 15.4. The number of benzene rings is 1. The van der Waals surface area contributed by atoms with E-state index < -0.39 is 24.1 Å². The molecule has 0 aliphatic carbocycles. The monoisotopic (exact) mass is 360 g/mol. The Balaban J connectivity index is 1.76. The van der Waals surface area contributed by atoms with E-state index in [9.17, 15) is 9.18 Å². The SMILES string of the molecule is CC1(C)OB(c2cc(F)c3c(=O)n(C4CCOC4)cnc3c2)OC1(C)C. The van der Waals surface area contributed by atoms with Crippen LogP contribution in [-0.4, -0.2) is 41.1 Å². The predicted octanol–water partition coefficient (Wildman–Crippen LogP) is 1.80. The highest BCUT2D eigenvalue weighted by molar-refractivity contribution is 6.62. The van der Waals surface area contributed by atoms with E-state index >= 15 is 0 Å². The number of rotatable bonds is 2. The Morgan fingerprint density at radius 2 is 1.92 bits per heavy atom. The average molecular weight is 360 g/mol. The van der Waals surface area contributed by atoms with E-state index in [1.54, 1.807) is 6.07 Å². The van der Waals surface area contributed by atoms with Crippen molar-refractivity contribution in [3.05, 3.63) is 34.6 Å². The molecule has 2 fully saturated rings. The first-order valence-corrected chi connectivity index (χ1v) is 8.83. The van der Waals surface area contributed by atoms with Gasteiger partial charge in [-0.25, -0.2) is 9.37 Å². The summed E-state index contributed by atoms with van der Waals surface area (Å²) in [4.78, 5) is 17.0. The van der Waals surface area contributed by atoms with Crippen LogP contribution in [0.15, 0.2) is 23.3 Å². The fourth-order valence-electron chi connectivity index (χ4n) is 3.35. The first-order chi connectivity index (χ1) is 12.2. The van der Waals surface area contributed by atoms with E-state index in [-0.39, 0.29) is 17.0 Å². The van der Waals surface area contributed by atoms with Crippen molar-refractivity contribution in [1.29, 1.82) is 0 Å². The number of halogens is 1. The van der Waals surface area contributed by atoms with Crippen molar-refractivity contribution < 1.29 is 18.4 Å². The number of hydrogen-bond donors (Lipinski definition) is 0. The standard InChI is InChI=1S/C18H22BFN2O4/c1-17(2)18(3,4)26-19(25-17)11-7-13(20)15-14(8-11)21-10-22(16(15)23)12-5-6-24-9-12/h7-8,10,12H,5-6,9H2,1-4H3. The first-order valence-electron chi connectivity index (χ1n) is 8.83. The maximum atomic E-state index is 14.8. The van der Waals surface area contributed by atoms with Crippen LogP contribution in [0, 0.1) is 5.82 Å². The second-order valence-corrected chi connectivity index (χ2v) is 7.96. The number of fused-ring (bicyclic) bond motifs is 1. The van der Waals surface area contributed by atoms with E-state index in [2.05, 4.69) is 4.98 Å². The van der Waals surface area contributed by atoms with Crippen molar-refractivity contribution in [2.45, 2.75) is 51.4 Å². The average Bonchev–Trinajstić information content (AvgIpc) is 3.14. The lowest BCUT2D eigenvalue weighted by atomic mass is 9.78. The van der Waals surface area contributed by atoms with Crippen LogP contribution in [0.5, 0.6) is 0 Å². The van der Waals surface area contributed by atoms with E-state index in [1.165, 1.54) is 17.0 Å². The second kappa shape index (κ2) is 5.87. The first kappa shape index (κ1) is 17.6. The number of ether oxygens (including phenoxy) is 1. The summed E-state index contributed by atoms with van der Waals surface area (Å²) in [5.41, 5.74) is -0.619. The summed E-state index contributed by atoms with van der Waals surface area (Å²) in [6.45, 7) is 8.78. The molecule has 138 valence electrons. The summed E-state index contributed by atoms with van der Waals surface area (Å²) in [6.07, 6.45) is 2.19. The Kier molecular flexibility index (Phi) is 3.98. The predicted molar refractivity (Wildman–Crippen MR) is 96.2 cm³/mol. The zero-order valence-corrected chi connectivity index (χ0v) is 15.4. The van der Waals surface area contributed by atoms with Gasteiger partial charge in [-0.2, -0.15) is 0 Å². The van der Waals surface area contributed by atoms with Gasteiger partial charge in [-0.05, 0) is 51.7 Å². The summed E-state index contributed by atoms with van der Waals surface area (Å²) in [7, 11) is -0.702. The molecular formula is C18H22BFN2O4. The fraction of sp³-hybridized carbons (Fsp3) is 0.556. The lowest BCUT2D eigenvalue weighted by Crippen LogP contribution is -2.41. The summed E-state index contributed by atoms with van der Waals surface area (Å²) in [5, 5.41) is -0.0142. The Morgan fingerprint density at radius 1 is 1.23 bits per heavy atom. The fourth-order valence-corrected chi connectivity index (χ4v) is 3.35. The van der Waals surface area contributed by atoms with Crippen LogP contribution in [0.2, 0.25) is 0 Å². The molecule has 4 rings (SSSR count). The maximum absolute atomic E-state index is 14.8. The Labute approximate surface area is 151 Å². The van der Waals surface area contributed by atoms with Crippen molar-refractivity contribution in [2.24, 2.45) is 0 Å². The van der Waals surface area contributed by atoms with Crippen molar-refractivity contribution in [2.75, 3.05) is 13.2 Å². The summed E-state index contributed by atoms with van der Waals surface area (Å²) < 4.78 is 33.5. The van der Waals surface area contributed by atoms with Gasteiger partial charge < -0.3 is 14.0 Å². The molecule has 6 nitrogen and oxygen atoms in total. The Bertz CT molecular complexity index is 905. The van der Waals surface area contributed by atoms with Crippen LogP contribution in [0.3, 0.4) is 0 Å². The molecule has 2 aromatic rings. The number of hydrogen-bond acceptors (Lipinski definition) is 5. The van der Waals surface area contributed by atoms with Crippen molar-refractivity contribution in [3.63, 3.8) is 0 Å². The molecule has 2 aliphatic rings. The highest BCUT2D eigenvalue weighted by atomic mass is 19.1. The van der Waals surface area contributed by atoms with Crippen LogP contribution < -0.4 is 11.0 Å². The van der Waals surface area contributed by atoms with Crippen LogP contribution >= 0.6 is 0 Å².